The van der Waals surface area contributed by atoms with E-state index in [1.165, 1.54) is 32.1 Å². The van der Waals surface area contributed by atoms with Gasteiger partial charge in [-0.25, -0.2) is 0 Å². The summed E-state index contributed by atoms with van der Waals surface area (Å²) in [4.78, 5) is 0. The van der Waals surface area contributed by atoms with E-state index in [4.69, 9.17) is 0 Å². The third kappa shape index (κ3) is 2.61. The molecule has 1 heteroatoms. The molecule has 94 valence electrons. The van der Waals surface area contributed by atoms with Gasteiger partial charge in [0, 0.05) is 6.04 Å². The van der Waals surface area contributed by atoms with Crippen LogP contribution in [-0.4, -0.2) is 12.6 Å². The fourth-order valence-corrected chi connectivity index (χ4v) is 3.99. The number of hydrogen-bond acceptors (Lipinski definition) is 1. The number of rotatable bonds is 4. The summed E-state index contributed by atoms with van der Waals surface area (Å²) in [5.41, 5.74) is 0.636. The Morgan fingerprint density at radius 3 is 2.12 bits per heavy atom. The van der Waals surface area contributed by atoms with E-state index >= 15 is 0 Å². The minimum absolute atomic E-state index is 0.636. The standard InChI is InChI=1S/C15H29N/c1-5-16-14(15(4)6-7-15)13-9-11(2)8-12(3)10-13/h11-14,16H,5-10H2,1-4H3. The quantitative estimate of drug-likeness (QED) is 0.763. The molecule has 2 aliphatic rings. The van der Waals surface area contributed by atoms with E-state index in [2.05, 4.69) is 33.0 Å². The zero-order chi connectivity index (χ0) is 11.8. The van der Waals surface area contributed by atoms with E-state index in [1.54, 1.807) is 0 Å². The van der Waals surface area contributed by atoms with Gasteiger partial charge in [0.15, 0.2) is 0 Å². The van der Waals surface area contributed by atoms with Crippen molar-refractivity contribution in [1.29, 1.82) is 0 Å². The second-order valence-electron chi connectivity index (χ2n) is 6.87. The van der Waals surface area contributed by atoms with Crippen molar-refractivity contribution in [2.75, 3.05) is 6.54 Å². The second kappa shape index (κ2) is 4.68. The maximum atomic E-state index is 3.80. The smallest absolute Gasteiger partial charge is 0.0149 e. The van der Waals surface area contributed by atoms with Gasteiger partial charge in [0.05, 0.1) is 0 Å². The zero-order valence-corrected chi connectivity index (χ0v) is 11.6. The van der Waals surface area contributed by atoms with Crippen LogP contribution in [0.2, 0.25) is 0 Å². The molecule has 3 unspecified atom stereocenters. The number of nitrogens with one attached hydrogen (secondary N) is 1. The average molecular weight is 223 g/mol. The van der Waals surface area contributed by atoms with Crippen LogP contribution in [0, 0.1) is 23.2 Å². The minimum Gasteiger partial charge on any atom is -0.313 e. The van der Waals surface area contributed by atoms with Crippen LogP contribution in [0.25, 0.3) is 0 Å². The molecule has 1 nitrogen and oxygen atoms in total. The van der Waals surface area contributed by atoms with Gasteiger partial charge in [0.25, 0.3) is 0 Å². The highest BCUT2D eigenvalue weighted by Gasteiger charge is 2.48. The molecule has 0 saturated heterocycles. The molecule has 0 aromatic carbocycles. The molecule has 2 aliphatic carbocycles. The van der Waals surface area contributed by atoms with Crippen molar-refractivity contribution >= 4 is 0 Å². The fourth-order valence-electron chi connectivity index (χ4n) is 3.99. The molecule has 1 N–H and O–H groups in total. The molecule has 0 heterocycles. The zero-order valence-electron chi connectivity index (χ0n) is 11.6. The van der Waals surface area contributed by atoms with Crippen molar-refractivity contribution in [3.63, 3.8) is 0 Å². The lowest BCUT2D eigenvalue weighted by Crippen LogP contribution is -2.45. The monoisotopic (exact) mass is 223 g/mol. The first-order chi connectivity index (χ1) is 7.55. The van der Waals surface area contributed by atoms with Crippen molar-refractivity contribution in [3.8, 4) is 0 Å². The summed E-state index contributed by atoms with van der Waals surface area (Å²) in [6.45, 7) is 10.8. The van der Waals surface area contributed by atoms with Gasteiger partial charge in [-0.2, -0.15) is 0 Å². The van der Waals surface area contributed by atoms with Gasteiger partial charge in [-0.15, -0.1) is 0 Å². The minimum atomic E-state index is 0.636. The van der Waals surface area contributed by atoms with Crippen molar-refractivity contribution in [1.82, 2.24) is 5.32 Å². The van der Waals surface area contributed by atoms with Gasteiger partial charge in [-0.1, -0.05) is 27.7 Å². The molecule has 16 heavy (non-hydrogen) atoms. The third-order valence-electron chi connectivity index (χ3n) is 4.90. The van der Waals surface area contributed by atoms with Crippen LogP contribution in [0.15, 0.2) is 0 Å². The highest BCUT2D eigenvalue weighted by atomic mass is 14.9. The van der Waals surface area contributed by atoms with E-state index in [1.807, 2.05) is 0 Å². The molecular weight excluding hydrogens is 194 g/mol. The Bertz CT molecular complexity index is 222. The average Bonchev–Trinajstić information content (AvgIpc) is 2.92. The summed E-state index contributed by atoms with van der Waals surface area (Å²) in [5.74, 6) is 2.82. The van der Waals surface area contributed by atoms with Crippen molar-refractivity contribution in [2.24, 2.45) is 23.2 Å². The summed E-state index contributed by atoms with van der Waals surface area (Å²) in [6, 6.07) is 0.794. The molecule has 2 fully saturated rings. The normalized spacial score (nSPS) is 39.4. The summed E-state index contributed by atoms with van der Waals surface area (Å²) >= 11 is 0. The summed E-state index contributed by atoms with van der Waals surface area (Å²) in [6.07, 6.45) is 7.26. The van der Waals surface area contributed by atoms with Crippen LogP contribution < -0.4 is 5.32 Å². The molecule has 0 radical (unpaired) electrons. The van der Waals surface area contributed by atoms with E-state index in [0.29, 0.717) is 5.41 Å². The molecule has 3 atom stereocenters. The van der Waals surface area contributed by atoms with Gasteiger partial charge in [0.2, 0.25) is 0 Å². The highest BCUT2D eigenvalue weighted by molar-refractivity contribution is 5.02. The van der Waals surface area contributed by atoms with Crippen LogP contribution in [0.3, 0.4) is 0 Å². The van der Waals surface area contributed by atoms with Crippen molar-refractivity contribution < 1.29 is 0 Å². The van der Waals surface area contributed by atoms with Crippen molar-refractivity contribution in [2.45, 2.75) is 65.8 Å². The van der Waals surface area contributed by atoms with Gasteiger partial charge < -0.3 is 5.32 Å². The predicted octanol–water partition coefficient (Wildman–Crippen LogP) is 3.84. The van der Waals surface area contributed by atoms with Crippen LogP contribution in [0.4, 0.5) is 0 Å². The molecule has 0 aromatic rings. The molecule has 2 rings (SSSR count). The van der Waals surface area contributed by atoms with Crippen molar-refractivity contribution in [3.05, 3.63) is 0 Å². The maximum Gasteiger partial charge on any atom is 0.0149 e. The largest absolute Gasteiger partial charge is 0.313 e. The van der Waals surface area contributed by atoms with Gasteiger partial charge in [0.1, 0.15) is 0 Å². The summed E-state index contributed by atoms with van der Waals surface area (Å²) < 4.78 is 0. The SMILES string of the molecule is CCNC(C1CC(C)CC(C)C1)C1(C)CC1. The topological polar surface area (TPSA) is 12.0 Å². The van der Waals surface area contributed by atoms with Gasteiger partial charge in [-0.05, 0) is 61.8 Å². The van der Waals surface area contributed by atoms with E-state index in [9.17, 15) is 0 Å². The van der Waals surface area contributed by atoms with E-state index in [-0.39, 0.29) is 0 Å². The van der Waals surface area contributed by atoms with E-state index in [0.717, 1.165) is 30.3 Å². The lowest BCUT2D eigenvalue weighted by Gasteiger charge is -2.40. The summed E-state index contributed by atoms with van der Waals surface area (Å²) in [7, 11) is 0. The Labute approximate surface area is 101 Å². The van der Waals surface area contributed by atoms with Crippen LogP contribution >= 0.6 is 0 Å². The predicted molar refractivity (Wildman–Crippen MR) is 70.5 cm³/mol. The Morgan fingerprint density at radius 1 is 1.12 bits per heavy atom. The van der Waals surface area contributed by atoms with Gasteiger partial charge >= 0.3 is 0 Å². The maximum absolute atomic E-state index is 3.80. The second-order valence-corrected chi connectivity index (χ2v) is 6.87. The Balaban J connectivity index is 2.01. The molecule has 0 bridgehead atoms. The van der Waals surface area contributed by atoms with Crippen LogP contribution in [-0.2, 0) is 0 Å². The first-order valence-corrected chi connectivity index (χ1v) is 7.28. The Kier molecular flexibility index (Phi) is 3.63. The number of hydrogen-bond donors (Lipinski definition) is 1. The summed E-state index contributed by atoms with van der Waals surface area (Å²) in [5, 5.41) is 3.80. The third-order valence-corrected chi connectivity index (χ3v) is 4.90. The van der Waals surface area contributed by atoms with Crippen LogP contribution in [0.5, 0.6) is 0 Å². The first-order valence-electron chi connectivity index (χ1n) is 7.28. The lowest BCUT2D eigenvalue weighted by atomic mass is 9.70. The Morgan fingerprint density at radius 2 is 1.69 bits per heavy atom. The fraction of sp³-hybridized carbons (Fsp3) is 1.00. The van der Waals surface area contributed by atoms with Crippen LogP contribution in [0.1, 0.15) is 59.8 Å². The van der Waals surface area contributed by atoms with E-state index < -0.39 is 0 Å². The van der Waals surface area contributed by atoms with Gasteiger partial charge in [-0.3, -0.25) is 0 Å². The molecule has 2 saturated carbocycles. The molecule has 0 amide bonds. The first kappa shape index (κ1) is 12.4. The molecule has 0 aliphatic heterocycles. The lowest BCUT2D eigenvalue weighted by molar-refractivity contribution is 0.141. The molecule has 0 spiro atoms. The highest BCUT2D eigenvalue weighted by Crippen LogP contribution is 2.52. The molecular formula is C15H29N. The molecule has 0 aromatic heterocycles. The Hall–Kier alpha value is -0.0400.